The van der Waals surface area contributed by atoms with Crippen molar-refractivity contribution >= 4 is 0 Å². The summed E-state index contributed by atoms with van der Waals surface area (Å²) in [6.07, 6.45) is 0. The minimum Gasteiger partial charge on any atom is -0.465 e. The lowest BCUT2D eigenvalue weighted by Crippen LogP contribution is -2.21. The second kappa shape index (κ2) is 4.71. The molecule has 0 fully saturated rings. The summed E-state index contributed by atoms with van der Waals surface area (Å²) in [4.78, 5) is 6.33. The largest absolute Gasteiger partial charge is 0.465 e. The summed E-state index contributed by atoms with van der Waals surface area (Å²) in [5, 5.41) is 3.80. The fourth-order valence-electron chi connectivity index (χ4n) is 1.62. The normalized spacial score (nSPS) is 13.2. The molecule has 2 aromatic heterocycles. The van der Waals surface area contributed by atoms with Crippen molar-refractivity contribution in [2.45, 2.75) is 33.4 Å². The van der Waals surface area contributed by atoms with Crippen molar-refractivity contribution in [2.75, 3.05) is 7.05 Å². The summed E-state index contributed by atoms with van der Waals surface area (Å²) in [5.41, 5.74) is 0. The molecule has 0 saturated heterocycles. The zero-order valence-corrected chi connectivity index (χ0v) is 10.6. The Morgan fingerprint density at radius 2 is 2.12 bits per heavy atom. The fraction of sp³-hybridized carbons (Fsp3) is 0.500. The molecule has 1 atom stereocenters. The number of furan rings is 1. The highest BCUT2D eigenvalue weighted by atomic mass is 16.5. The third kappa shape index (κ3) is 2.74. The maximum atomic E-state index is 5.54. The summed E-state index contributed by atoms with van der Waals surface area (Å²) in [6, 6.07) is 4.02. The molecule has 92 valence electrons. The second-order valence-corrected chi connectivity index (χ2v) is 4.28. The van der Waals surface area contributed by atoms with Crippen LogP contribution in [0.4, 0.5) is 0 Å². The maximum Gasteiger partial charge on any atom is 0.243 e. The van der Waals surface area contributed by atoms with Gasteiger partial charge < -0.3 is 8.94 Å². The van der Waals surface area contributed by atoms with Crippen molar-refractivity contribution in [3.8, 4) is 0 Å². The van der Waals surface area contributed by atoms with Crippen molar-refractivity contribution in [1.82, 2.24) is 15.0 Å². The number of rotatable bonds is 4. The molecule has 5 nitrogen and oxygen atoms in total. The van der Waals surface area contributed by atoms with Crippen LogP contribution in [0.2, 0.25) is 0 Å². The van der Waals surface area contributed by atoms with Gasteiger partial charge in [-0.3, -0.25) is 4.90 Å². The molecule has 0 radical (unpaired) electrons. The molecule has 0 aliphatic carbocycles. The maximum absolute atomic E-state index is 5.54. The average molecular weight is 235 g/mol. The first-order chi connectivity index (χ1) is 8.06. The van der Waals surface area contributed by atoms with Gasteiger partial charge >= 0.3 is 0 Å². The molecule has 0 spiro atoms. The first-order valence-corrected chi connectivity index (χ1v) is 5.62. The van der Waals surface area contributed by atoms with Gasteiger partial charge in [-0.15, -0.1) is 0 Å². The van der Waals surface area contributed by atoms with Gasteiger partial charge in [-0.25, -0.2) is 0 Å². The summed E-state index contributed by atoms with van der Waals surface area (Å²) < 4.78 is 10.7. The zero-order valence-electron chi connectivity index (χ0n) is 10.6. The lowest BCUT2D eigenvalue weighted by molar-refractivity contribution is 0.189. The summed E-state index contributed by atoms with van der Waals surface area (Å²) in [7, 11) is 2.00. The smallest absolute Gasteiger partial charge is 0.243 e. The predicted octanol–water partition coefficient (Wildman–Crippen LogP) is 2.47. The molecule has 0 N–H and O–H groups in total. The quantitative estimate of drug-likeness (QED) is 0.814. The third-order valence-electron chi connectivity index (χ3n) is 2.76. The highest BCUT2D eigenvalue weighted by Crippen LogP contribution is 2.19. The van der Waals surface area contributed by atoms with E-state index >= 15 is 0 Å². The molecule has 2 heterocycles. The van der Waals surface area contributed by atoms with E-state index < -0.39 is 0 Å². The molecule has 0 bridgehead atoms. The van der Waals surface area contributed by atoms with Crippen molar-refractivity contribution in [2.24, 2.45) is 0 Å². The molecule has 17 heavy (non-hydrogen) atoms. The number of aryl methyl sites for hydroxylation is 2. The van der Waals surface area contributed by atoms with Crippen LogP contribution in [0, 0.1) is 13.8 Å². The van der Waals surface area contributed by atoms with Crippen LogP contribution in [0.15, 0.2) is 21.1 Å². The molecular weight excluding hydrogens is 218 g/mol. The van der Waals surface area contributed by atoms with Crippen LogP contribution in [0.5, 0.6) is 0 Å². The van der Waals surface area contributed by atoms with E-state index in [1.54, 1.807) is 0 Å². The predicted molar refractivity (Wildman–Crippen MR) is 62.4 cm³/mol. The van der Waals surface area contributed by atoms with Gasteiger partial charge in [0, 0.05) is 0 Å². The molecule has 0 aliphatic rings. The number of nitrogens with zero attached hydrogens (tertiary/aromatic N) is 3. The van der Waals surface area contributed by atoms with E-state index in [0.717, 1.165) is 18.1 Å². The van der Waals surface area contributed by atoms with E-state index in [1.165, 1.54) is 0 Å². The van der Waals surface area contributed by atoms with Gasteiger partial charge in [0.25, 0.3) is 0 Å². The SMILES string of the molecule is Cc1noc(C(C)N(C)Cc2ccc(C)o2)n1. The fourth-order valence-corrected chi connectivity index (χ4v) is 1.62. The standard InChI is InChI=1S/C12H17N3O2/c1-8-5-6-11(16-8)7-15(4)9(2)12-13-10(3)14-17-12/h5-6,9H,7H2,1-4H3. The van der Waals surface area contributed by atoms with Crippen LogP contribution in [0.3, 0.4) is 0 Å². The minimum absolute atomic E-state index is 0.0709. The third-order valence-corrected chi connectivity index (χ3v) is 2.76. The molecule has 0 amide bonds. The Labute approximate surface area is 100 Å². The molecule has 0 aromatic carbocycles. The van der Waals surface area contributed by atoms with Crippen LogP contribution in [-0.4, -0.2) is 22.1 Å². The monoisotopic (exact) mass is 235 g/mol. The van der Waals surface area contributed by atoms with Crippen LogP contribution in [0.25, 0.3) is 0 Å². The van der Waals surface area contributed by atoms with E-state index in [-0.39, 0.29) is 6.04 Å². The molecule has 5 heteroatoms. The Hall–Kier alpha value is -1.62. The zero-order chi connectivity index (χ0) is 12.4. The first kappa shape index (κ1) is 11.9. The van der Waals surface area contributed by atoms with Crippen LogP contribution >= 0.6 is 0 Å². The minimum atomic E-state index is 0.0709. The van der Waals surface area contributed by atoms with E-state index in [2.05, 4.69) is 15.0 Å². The Bertz CT molecular complexity index is 489. The molecule has 0 saturated carbocycles. The van der Waals surface area contributed by atoms with Crippen molar-refractivity contribution in [3.63, 3.8) is 0 Å². The summed E-state index contributed by atoms with van der Waals surface area (Å²) in [5.74, 6) is 3.16. The van der Waals surface area contributed by atoms with Crippen molar-refractivity contribution in [1.29, 1.82) is 0 Å². The van der Waals surface area contributed by atoms with Crippen LogP contribution in [0.1, 0.15) is 36.2 Å². The van der Waals surface area contributed by atoms with Gasteiger partial charge in [0.2, 0.25) is 5.89 Å². The highest BCUT2D eigenvalue weighted by Gasteiger charge is 2.18. The topological polar surface area (TPSA) is 55.3 Å². The molecule has 2 aromatic rings. The number of hydrogen-bond acceptors (Lipinski definition) is 5. The van der Waals surface area contributed by atoms with Gasteiger partial charge in [-0.2, -0.15) is 4.98 Å². The summed E-state index contributed by atoms with van der Waals surface area (Å²) >= 11 is 0. The van der Waals surface area contributed by atoms with Crippen molar-refractivity contribution in [3.05, 3.63) is 35.4 Å². The molecule has 2 rings (SSSR count). The van der Waals surface area contributed by atoms with Gasteiger partial charge in [0.05, 0.1) is 12.6 Å². The molecule has 0 aliphatic heterocycles. The average Bonchev–Trinajstić information content (AvgIpc) is 2.87. The van der Waals surface area contributed by atoms with Gasteiger partial charge in [0.15, 0.2) is 5.82 Å². The van der Waals surface area contributed by atoms with Gasteiger partial charge in [-0.1, -0.05) is 5.16 Å². The Morgan fingerprint density at radius 1 is 1.35 bits per heavy atom. The Morgan fingerprint density at radius 3 is 2.65 bits per heavy atom. The number of hydrogen-bond donors (Lipinski definition) is 0. The molecule has 1 unspecified atom stereocenters. The van der Waals surface area contributed by atoms with Crippen LogP contribution < -0.4 is 0 Å². The molecular formula is C12H17N3O2. The van der Waals surface area contributed by atoms with Crippen LogP contribution in [-0.2, 0) is 6.54 Å². The Kier molecular flexibility index (Phi) is 3.28. The lowest BCUT2D eigenvalue weighted by Gasteiger charge is -2.20. The van der Waals surface area contributed by atoms with E-state index in [1.807, 2.05) is 40.0 Å². The number of aromatic nitrogens is 2. The Balaban J connectivity index is 2.02. The first-order valence-electron chi connectivity index (χ1n) is 5.62. The second-order valence-electron chi connectivity index (χ2n) is 4.28. The van der Waals surface area contributed by atoms with Gasteiger partial charge in [-0.05, 0) is 40.0 Å². The van der Waals surface area contributed by atoms with Crippen molar-refractivity contribution < 1.29 is 8.94 Å². The van der Waals surface area contributed by atoms with E-state index in [0.29, 0.717) is 11.7 Å². The van der Waals surface area contributed by atoms with E-state index in [9.17, 15) is 0 Å². The lowest BCUT2D eigenvalue weighted by atomic mass is 10.3. The highest BCUT2D eigenvalue weighted by molar-refractivity contribution is 5.05. The summed E-state index contributed by atoms with van der Waals surface area (Å²) in [6.45, 7) is 6.50. The van der Waals surface area contributed by atoms with Gasteiger partial charge in [0.1, 0.15) is 11.5 Å². The van der Waals surface area contributed by atoms with E-state index in [4.69, 9.17) is 8.94 Å².